The number of rotatable bonds is 3. The lowest BCUT2D eigenvalue weighted by Crippen LogP contribution is -2.37. The second kappa shape index (κ2) is 4.90. The summed E-state index contributed by atoms with van der Waals surface area (Å²) in [5, 5.41) is 0. The van der Waals surface area contributed by atoms with Gasteiger partial charge in [-0.15, -0.1) is 0 Å². The molecule has 102 valence electrons. The Labute approximate surface area is 120 Å². The zero-order valence-corrected chi connectivity index (χ0v) is 11.8. The van der Waals surface area contributed by atoms with E-state index in [0.29, 0.717) is 17.0 Å². The van der Waals surface area contributed by atoms with Crippen molar-refractivity contribution >= 4 is 40.8 Å². The lowest BCUT2D eigenvalue weighted by molar-refractivity contribution is -0.140. The Balaban J connectivity index is 2.47. The van der Waals surface area contributed by atoms with E-state index in [0.717, 1.165) is 0 Å². The van der Waals surface area contributed by atoms with Gasteiger partial charge in [0.15, 0.2) is 0 Å². The van der Waals surface area contributed by atoms with E-state index in [1.807, 2.05) is 0 Å². The minimum absolute atomic E-state index is 0.240. The summed E-state index contributed by atoms with van der Waals surface area (Å²) in [4.78, 5) is 24.7. The lowest BCUT2D eigenvalue weighted by Gasteiger charge is -2.16. The number of esters is 1. The Morgan fingerprint density at radius 3 is 2.63 bits per heavy atom. The zero-order valence-electron chi connectivity index (χ0n) is 10.3. The number of nitrogens with zero attached hydrogens (tertiary/aromatic N) is 1. The Kier molecular flexibility index (Phi) is 3.60. The fraction of sp³-hybridized carbons (Fsp3) is 0.333. The van der Waals surface area contributed by atoms with Crippen molar-refractivity contribution in [3.63, 3.8) is 0 Å². The number of hydrogen-bond donors (Lipinski definition) is 0. The quantitative estimate of drug-likeness (QED) is 0.631. The van der Waals surface area contributed by atoms with Crippen LogP contribution in [0.1, 0.15) is 5.56 Å². The number of hydrogen-bond acceptors (Lipinski definition) is 4. The average Bonchev–Trinajstić information content (AvgIpc) is 2.59. The van der Waals surface area contributed by atoms with Crippen LogP contribution in [0.15, 0.2) is 18.2 Å². The van der Waals surface area contributed by atoms with Crippen molar-refractivity contribution in [1.29, 1.82) is 0 Å². The largest absolute Gasteiger partial charge is 0.497 e. The number of alkyl halides is 2. The molecule has 1 amide bonds. The number of anilines is 1. The first kappa shape index (κ1) is 14.0. The van der Waals surface area contributed by atoms with E-state index in [1.54, 1.807) is 18.2 Å². The van der Waals surface area contributed by atoms with Gasteiger partial charge < -0.3 is 9.47 Å². The highest BCUT2D eigenvalue weighted by molar-refractivity contribution is 6.60. The van der Waals surface area contributed by atoms with E-state index in [4.69, 9.17) is 27.9 Å². The summed E-state index contributed by atoms with van der Waals surface area (Å²) < 4.78 is 7.89. The van der Waals surface area contributed by atoms with Crippen molar-refractivity contribution in [2.45, 2.75) is 4.33 Å². The minimum Gasteiger partial charge on any atom is -0.497 e. The normalized spacial score (nSPS) is 16.2. The van der Waals surface area contributed by atoms with Crippen molar-refractivity contribution < 1.29 is 19.1 Å². The van der Waals surface area contributed by atoms with Gasteiger partial charge in [0.25, 0.3) is 5.91 Å². The van der Waals surface area contributed by atoms with Gasteiger partial charge in [-0.05, 0) is 18.2 Å². The molecule has 0 unspecified atom stereocenters. The van der Waals surface area contributed by atoms with Crippen LogP contribution in [0, 0.1) is 0 Å². The average molecular weight is 304 g/mol. The van der Waals surface area contributed by atoms with Crippen molar-refractivity contribution in [3.8, 4) is 5.75 Å². The summed E-state index contributed by atoms with van der Waals surface area (Å²) in [6.07, 6.45) is 0. The summed E-state index contributed by atoms with van der Waals surface area (Å²) in [6.45, 7) is -0.240. The van der Waals surface area contributed by atoms with Gasteiger partial charge in [0.1, 0.15) is 12.3 Å². The molecule has 5 nitrogen and oxygen atoms in total. The van der Waals surface area contributed by atoms with Gasteiger partial charge in [-0.25, -0.2) is 0 Å². The van der Waals surface area contributed by atoms with Crippen LogP contribution in [-0.4, -0.2) is 32.6 Å². The highest BCUT2D eigenvalue weighted by atomic mass is 35.5. The van der Waals surface area contributed by atoms with Crippen LogP contribution < -0.4 is 9.64 Å². The highest BCUT2D eigenvalue weighted by Crippen LogP contribution is 2.48. The molecule has 1 aliphatic rings. The maximum absolute atomic E-state index is 12.1. The van der Waals surface area contributed by atoms with Gasteiger partial charge in [0, 0.05) is 5.56 Å². The predicted octanol–water partition coefficient (Wildman–Crippen LogP) is 1.85. The number of amides is 1. The van der Waals surface area contributed by atoms with Crippen LogP contribution in [0.4, 0.5) is 5.69 Å². The lowest BCUT2D eigenvalue weighted by atomic mass is 10.1. The smallest absolute Gasteiger partial charge is 0.325 e. The number of carbonyl (C=O) groups is 2. The molecule has 7 heteroatoms. The molecule has 0 aliphatic carbocycles. The molecule has 0 spiro atoms. The summed E-state index contributed by atoms with van der Waals surface area (Å²) in [5.41, 5.74) is 0.866. The molecule has 0 fully saturated rings. The molecule has 0 saturated heterocycles. The molecule has 0 N–H and O–H groups in total. The van der Waals surface area contributed by atoms with Crippen LogP contribution in [-0.2, 0) is 18.7 Å². The topological polar surface area (TPSA) is 55.8 Å². The van der Waals surface area contributed by atoms with Crippen LogP contribution in [0.2, 0.25) is 0 Å². The monoisotopic (exact) mass is 303 g/mol. The van der Waals surface area contributed by atoms with Gasteiger partial charge in [-0.3, -0.25) is 14.5 Å². The van der Waals surface area contributed by atoms with Gasteiger partial charge in [-0.2, -0.15) is 0 Å². The molecule has 1 aliphatic heterocycles. The van der Waals surface area contributed by atoms with E-state index in [2.05, 4.69) is 4.74 Å². The molecule has 1 aromatic carbocycles. The second-order valence-electron chi connectivity index (χ2n) is 3.92. The third-order valence-electron chi connectivity index (χ3n) is 2.86. The maximum Gasteiger partial charge on any atom is 0.325 e. The second-order valence-corrected chi connectivity index (χ2v) is 5.25. The first-order chi connectivity index (χ1) is 8.91. The number of methoxy groups -OCH3 is 2. The van der Waals surface area contributed by atoms with E-state index in [1.165, 1.54) is 19.1 Å². The molecular formula is C12H11Cl2NO4. The van der Waals surface area contributed by atoms with Crippen molar-refractivity contribution in [2.24, 2.45) is 0 Å². The van der Waals surface area contributed by atoms with Gasteiger partial charge in [-0.1, -0.05) is 23.2 Å². The van der Waals surface area contributed by atoms with E-state index >= 15 is 0 Å². The molecule has 1 aromatic rings. The molecule has 1 heterocycles. The molecule has 0 atom stereocenters. The van der Waals surface area contributed by atoms with E-state index in [9.17, 15) is 9.59 Å². The number of fused-ring (bicyclic) bond motifs is 1. The number of carbonyl (C=O) groups excluding carboxylic acids is 2. The van der Waals surface area contributed by atoms with Crippen LogP contribution >= 0.6 is 23.2 Å². The maximum atomic E-state index is 12.1. The molecule has 0 radical (unpaired) electrons. The van der Waals surface area contributed by atoms with E-state index < -0.39 is 16.2 Å². The predicted molar refractivity (Wildman–Crippen MR) is 70.7 cm³/mol. The van der Waals surface area contributed by atoms with Crippen molar-refractivity contribution in [1.82, 2.24) is 0 Å². The first-order valence-corrected chi connectivity index (χ1v) is 6.12. The van der Waals surface area contributed by atoms with E-state index in [-0.39, 0.29) is 6.54 Å². The third kappa shape index (κ3) is 2.24. The summed E-state index contributed by atoms with van der Waals surface area (Å²) >= 11 is 12.1. The summed E-state index contributed by atoms with van der Waals surface area (Å²) in [7, 11) is 2.74. The van der Waals surface area contributed by atoms with Crippen molar-refractivity contribution in [3.05, 3.63) is 23.8 Å². The van der Waals surface area contributed by atoms with Crippen LogP contribution in [0.5, 0.6) is 5.75 Å². The Bertz CT molecular complexity index is 545. The third-order valence-corrected chi connectivity index (χ3v) is 3.59. The fourth-order valence-electron chi connectivity index (χ4n) is 1.87. The Hall–Kier alpha value is -1.46. The SMILES string of the molecule is COC(=O)CN1C(=O)C(Cl)(Cl)c2cc(OC)ccc21. The summed E-state index contributed by atoms with van der Waals surface area (Å²) in [5.74, 6) is -0.609. The number of halogens is 2. The number of ether oxygens (including phenoxy) is 2. The molecular weight excluding hydrogens is 293 g/mol. The van der Waals surface area contributed by atoms with Crippen LogP contribution in [0.3, 0.4) is 0 Å². The number of benzene rings is 1. The first-order valence-electron chi connectivity index (χ1n) is 5.37. The Morgan fingerprint density at radius 1 is 1.37 bits per heavy atom. The van der Waals surface area contributed by atoms with Gasteiger partial charge in [0.2, 0.25) is 4.33 Å². The highest BCUT2D eigenvalue weighted by Gasteiger charge is 2.49. The van der Waals surface area contributed by atoms with Crippen molar-refractivity contribution in [2.75, 3.05) is 25.7 Å². The fourth-order valence-corrected chi connectivity index (χ4v) is 2.38. The standard InChI is InChI=1S/C12H11Cl2NO4/c1-18-7-3-4-9-8(5-7)12(13,14)11(17)15(9)6-10(16)19-2/h3-5H,6H2,1-2H3. The Morgan fingerprint density at radius 2 is 2.05 bits per heavy atom. The zero-order chi connectivity index (χ0) is 14.2. The van der Waals surface area contributed by atoms with Gasteiger partial charge >= 0.3 is 5.97 Å². The summed E-state index contributed by atoms with van der Waals surface area (Å²) in [6, 6.07) is 4.86. The van der Waals surface area contributed by atoms with Gasteiger partial charge in [0.05, 0.1) is 19.9 Å². The molecule has 0 saturated carbocycles. The minimum atomic E-state index is -1.72. The van der Waals surface area contributed by atoms with Crippen LogP contribution in [0.25, 0.3) is 0 Å². The molecule has 0 aromatic heterocycles. The molecule has 0 bridgehead atoms. The molecule has 19 heavy (non-hydrogen) atoms. The molecule has 2 rings (SSSR count).